The molecule has 7 heteroatoms. The molecular formula is C16H18N2O5. The summed E-state index contributed by atoms with van der Waals surface area (Å²) in [5, 5.41) is 14.4. The molecule has 2 aliphatic rings. The van der Waals surface area contributed by atoms with Crippen molar-refractivity contribution in [1.82, 2.24) is 5.32 Å². The number of carbonyl (C=O) groups excluding carboxylic acids is 2. The molecule has 23 heavy (non-hydrogen) atoms. The molecule has 0 radical (unpaired) electrons. The number of anilines is 1. The van der Waals surface area contributed by atoms with Gasteiger partial charge in [-0.3, -0.25) is 14.4 Å². The molecule has 0 spiro atoms. The molecule has 0 aromatic heterocycles. The van der Waals surface area contributed by atoms with Crippen LogP contribution in [0.1, 0.15) is 32.1 Å². The summed E-state index contributed by atoms with van der Waals surface area (Å²) in [7, 11) is 0. The molecule has 1 fully saturated rings. The summed E-state index contributed by atoms with van der Waals surface area (Å²) in [6, 6.07) is 7.00. The van der Waals surface area contributed by atoms with E-state index in [9.17, 15) is 14.4 Å². The van der Waals surface area contributed by atoms with Gasteiger partial charge in [0.25, 0.3) is 5.91 Å². The molecule has 1 aromatic rings. The van der Waals surface area contributed by atoms with Crippen LogP contribution in [0.2, 0.25) is 0 Å². The maximum absolute atomic E-state index is 12.2. The molecule has 0 saturated heterocycles. The average Bonchev–Trinajstić information content (AvgIpc) is 2.45. The van der Waals surface area contributed by atoms with Gasteiger partial charge in [-0.1, -0.05) is 12.1 Å². The quantitative estimate of drug-likeness (QED) is 0.759. The fraction of sp³-hybridized carbons (Fsp3) is 0.438. The molecule has 1 aliphatic carbocycles. The minimum Gasteiger partial charge on any atom is -0.481 e. The van der Waals surface area contributed by atoms with E-state index in [1.807, 2.05) is 0 Å². The third kappa shape index (κ3) is 3.28. The molecule has 1 heterocycles. The summed E-state index contributed by atoms with van der Waals surface area (Å²) in [4.78, 5) is 35.1. The van der Waals surface area contributed by atoms with Gasteiger partial charge in [0.2, 0.25) is 5.91 Å². The highest BCUT2D eigenvalue weighted by Gasteiger charge is 2.41. The molecule has 1 aromatic carbocycles. The van der Waals surface area contributed by atoms with Crippen LogP contribution in [0.5, 0.6) is 5.75 Å². The highest BCUT2D eigenvalue weighted by Crippen LogP contribution is 2.35. The van der Waals surface area contributed by atoms with Crippen molar-refractivity contribution in [3.63, 3.8) is 0 Å². The zero-order valence-electron chi connectivity index (χ0n) is 12.5. The number of fused-ring (bicyclic) bond motifs is 1. The number of amides is 2. The van der Waals surface area contributed by atoms with Gasteiger partial charge in [-0.15, -0.1) is 0 Å². The van der Waals surface area contributed by atoms with Crippen molar-refractivity contribution in [2.45, 2.75) is 43.7 Å². The summed E-state index contributed by atoms with van der Waals surface area (Å²) in [6.45, 7) is 0. The number of carbonyl (C=O) groups is 3. The van der Waals surface area contributed by atoms with E-state index in [0.717, 1.165) is 6.42 Å². The zero-order valence-corrected chi connectivity index (χ0v) is 12.5. The van der Waals surface area contributed by atoms with E-state index in [1.165, 1.54) is 0 Å². The predicted molar refractivity (Wildman–Crippen MR) is 81.1 cm³/mol. The number of nitrogens with one attached hydrogen (secondary N) is 2. The largest absolute Gasteiger partial charge is 0.481 e. The second kappa shape index (κ2) is 5.91. The van der Waals surface area contributed by atoms with E-state index >= 15 is 0 Å². The standard InChI is InChI=1S/C16H18N2O5/c19-13(18-16(6-3-7-16)9-14(20)21)8-12-15(22)17-10-4-1-2-5-11(10)23-12/h1-2,4-5,12H,3,6-9H2,(H,17,22)(H,18,19)(H,20,21). The maximum atomic E-state index is 12.2. The Bertz CT molecular complexity index is 654. The maximum Gasteiger partial charge on any atom is 0.305 e. The SMILES string of the molecule is O=C(O)CC1(NC(=O)CC2Oc3ccccc3NC2=O)CCC1. The van der Waals surface area contributed by atoms with Crippen molar-refractivity contribution in [1.29, 1.82) is 0 Å². The van der Waals surface area contributed by atoms with Gasteiger partial charge in [0.15, 0.2) is 6.10 Å². The van der Waals surface area contributed by atoms with E-state index in [2.05, 4.69) is 10.6 Å². The van der Waals surface area contributed by atoms with Crippen LogP contribution in [0, 0.1) is 0 Å². The zero-order chi connectivity index (χ0) is 16.4. The molecule has 0 bridgehead atoms. The molecule has 1 aliphatic heterocycles. The monoisotopic (exact) mass is 318 g/mol. The van der Waals surface area contributed by atoms with Crippen molar-refractivity contribution in [2.24, 2.45) is 0 Å². The topological polar surface area (TPSA) is 105 Å². The second-order valence-corrected chi connectivity index (χ2v) is 6.05. The lowest BCUT2D eigenvalue weighted by molar-refractivity contribution is -0.141. The summed E-state index contributed by atoms with van der Waals surface area (Å²) in [5.74, 6) is -1.16. The number of benzene rings is 1. The molecule has 1 saturated carbocycles. The Morgan fingerprint density at radius 1 is 1.35 bits per heavy atom. The van der Waals surface area contributed by atoms with Gasteiger partial charge < -0.3 is 20.5 Å². The summed E-state index contributed by atoms with van der Waals surface area (Å²) in [6.07, 6.45) is 1.03. The third-order valence-electron chi connectivity index (χ3n) is 4.28. The molecule has 1 atom stereocenters. The van der Waals surface area contributed by atoms with Gasteiger partial charge in [-0.05, 0) is 31.4 Å². The van der Waals surface area contributed by atoms with E-state index in [-0.39, 0.29) is 24.7 Å². The first-order chi connectivity index (χ1) is 11.0. The molecule has 3 N–H and O–H groups in total. The van der Waals surface area contributed by atoms with Gasteiger partial charge in [0.1, 0.15) is 5.75 Å². The Hall–Kier alpha value is -2.57. The fourth-order valence-corrected chi connectivity index (χ4v) is 2.98. The van der Waals surface area contributed by atoms with Crippen LogP contribution in [0.15, 0.2) is 24.3 Å². The Morgan fingerprint density at radius 3 is 2.74 bits per heavy atom. The van der Waals surface area contributed by atoms with E-state index in [4.69, 9.17) is 9.84 Å². The number of rotatable bonds is 5. The molecule has 122 valence electrons. The normalized spacial score (nSPS) is 21.2. The predicted octanol–water partition coefficient (Wildman–Crippen LogP) is 1.29. The van der Waals surface area contributed by atoms with Crippen molar-refractivity contribution in [3.05, 3.63) is 24.3 Å². The van der Waals surface area contributed by atoms with Crippen molar-refractivity contribution >= 4 is 23.5 Å². The minimum absolute atomic E-state index is 0.0979. The van der Waals surface area contributed by atoms with Crippen LogP contribution in [0.25, 0.3) is 0 Å². The number of aliphatic carboxylic acids is 1. The van der Waals surface area contributed by atoms with Crippen LogP contribution in [0.3, 0.4) is 0 Å². The van der Waals surface area contributed by atoms with E-state index in [1.54, 1.807) is 24.3 Å². The lowest BCUT2D eigenvalue weighted by Crippen LogP contribution is -2.55. The van der Waals surface area contributed by atoms with Gasteiger partial charge in [0, 0.05) is 0 Å². The summed E-state index contributed by atoms with van der Waals surface area (Å²) >= 11 is 0. The summed E-state index contributed by atoms with van der Waals surface area (Å²) < 4.78 is 5.57. The molecule has 2 amide bonds. The lowest BCUT2D eigenvalue weighted by atomic mass is 9.74. The van der Waals surface area contributed by atoms with E-state index < -0.39 is 17.6 Å². The lowest BCUT2D eigenvalue weighted by Gasteiger charge is -2.41. The number of hydrogen-bond acceptors (Lipinski definition) is 4. The number of ether oxygens (including phenoxy) is 1. The Balaban J connectivity index is 1.62. The number of carboxylic acid groups (broad SMARTS) is 1. The second-order valence-electron chi connectivity index (χ2n) is 6.05. The van der Waals surface area contributed by atoms with Crippen LogP contribution < -0.4 is 15.4 Å². The Morgan fingerprint density at radius 2 is 2.09 bits per heavy atom. The first-order valence-electron chi connectivity index (χ1n) is 7.57. The minimum atomic E-state index is -0.939. The molecule has 3 rings (SSSR count). The Kier molecular flexibility index (Phi) is 3.94. The first-order valence-corrected chi connectivity index (χ1v) is 7.57. The Labute approximate surface area is 133 Å². The van der Waals surface area contributed by atoms with Crippen LogP contribution in [-0.2, 0) is 14.4 Å². The van der Waals surface area contributed by atoms with Crippen molar-refractivity contribution in [3.8, 4) is 5.75 Å². The van der Waals surface area contributed by atoms with Crippen molar-refractivity contribution < 1.29 is 24.2 Å². The van der Waals surface area contributed by atoms with Gasteiger partial charge in [0.05, 0.1) is 24.1 Å². The number of para-hydroxylation sites is 2. The van der Waals surface area contributed by atoms with Crippen molar-refractivity contribution in [2.75, 3.05) is 5.32 Å². The highest BCUT2D eigenvalue weighted by atomic mass is 16.5. The van der Waals surface area contributed by atoms with Crippen LogP contribution >= 0.6 is 0 Å². The molecular weight excluding hydrogens is 300 g/mol. The highest BCUT2D eigenvalue weighted by molar-refractivity contribution is 6.00. The fourth-order valence-electron chi connectivity index (χ4n) is 2.98. The third-order valence-corrected chi connectivity index (χ3v) is 4.28. The average molecular weight is 318 g/mol. The van der Waals surface area contributed by atoms with Crippen LogP contribution in [0.4, 0.5) is 5.69 Å². The number of hydrogen-bond donors (Lipinski definition) is 3. The van der Waals surface area contributed by atoms with Gasteiger partial charge in [-0.25, -0.2) is 0 Å². The summed E-state index contributed by atoms with van der Waals surface area (Å²) in [5.41, 5.74) is -0.0955. The molecule has 7 nitrogen and oxygen atoms in total. The van der Waals surface area contributed by atoms with Crippen LogP contribution in [-0.4, -0.2) is 34.5 Å². The molecule has 1 unspecified atom stereocenters. The van der Waals surface area contributed by atoms with Gasteiger partial charge >= 0.3 is 5.97 Å². The smallest absolute Gasteiger partial charge is 0.305 e. The van der Waals surface area contributed by atoms with Gasteiger partial charge in [-0.2, -0.15) is 0 Å². The van der Waals surface area contributed by atoms with E-state index in [0.29, 0.717) is 24.3 Å². The number of carboxylic acids is 1. The first kappa shape index (κ1) is 15.3.